The van der Waals surface area contributed by atoms with Crippen LogP contribution in [0.4, 0.5) is 5.69 Å². The normalized spacial score (nSPS) is 10.9. The van der Waals surface area contributed by atoms with E-state index in [2.05, 4.69) is 14.8 Å². The zero-order valence-corrected chi connectivity index (χ0v) is 15.4. The Kier molecular flexibility index (Phi) is 5.85. The van der Waals surface area contributed by atoms with Gasteiger partial charge < -0.3 is 20.4 Å². The maximum absolute atomic E-state index is 12.4. The summed E-state index contributed by atoms with van der Waals surface area (Å²) in [6.07, 6.45) is 1.26. The highest BCUT2D eigenvalue weighted by Gasteiger charge is 2.20. The van der Waals surface area contributed by atoms with Crippen molar-refractivity contribution >= 4 is 33.5 Å². The first kappa shape index (κ1) is 20.0. The monoisotopic (exact) mass is 394 g/mol. The number of carbonyl (C=O) groups excluding carboxylic acids is 3. The number of primary amides is 1. The van der Waals surface area contributed by atoms with E-state index < -0.39 is 27.8 Å². The zero-order valence-electron chi connectivity index (χ0n) is 14.6. The molecule has 4 N–H and O–H groups in total. The molecular weight excluding hydrogens is 376 g/mol. The lowest BCUT2D eigenvalue weighted by molar-refractivity contribution is -0.139. The van der Waals surface area contributed by atoms with Crippen molar-refractivity contribution < 1.29 is 27.5 Å². The highest BCUT2D eigenvalue weighted by molar-refractivity contribution is 7.92. The van der Waals surface area contributed by atoms with E-state index in [1.165, 1.54) is 55.3 Å². The fraction of sp³-hybridized carbons (Fsp3) is 0.188. The van der Waals surface area contributed by atoms with E-state index in [9.17, 15) is 22.8 Å². The summed E-state index contributed by atoms with van der Waals surface area (Å²) in [4.78, 5) is 34.0. The molecule has 2 amide bonds. The van der Waals surface area contributed by atoms with Crippen LogP contribution in [0.1, 0.15) is 20.8 Å². The maximum atomic E-state index is 12.4. The molecule has 0 radical (unpaired) electrons. The lowest BCUT2D eigenvalue weighted by Crippen LogP contribution is -2.30. The van der Waals surface area contributed by atoms with E-state index in [-0.39, 0.29) is 28.4 Å². The Balaban J connectivity index is 2.11. The number of nitrogens with two attached hydrogens (primary N) is 1. The van der Waals surface area contributed by atoms with Crippen LogP contribution in [0.15, 0.2) is 41.4 Å². The Morgan fingerprint density at radius 1 is 1.19 bits per heavy atom. The summed E-state index contributed by atoms with van der Waals surface area (Å²) in [5.74, 6) is -1.85. The van der Waals surface area contributed by atoms with E-state index in [4.69, 9.17) is 5.73 Å². The number of nitrogens with zero attached hydrogens (tertiary/aromatic N) is 1. The summed E-state index contributed by atoms with van der Waals surface area (Å²) in [6, 6.07) is 6.74. The number of anilines is 1. The number of methoxy groups -OCH3 is 1. The van der Waals surface area contributed by atoms with Crippen molar-refractivity contribution in [3.63, 3.8) is 0 Å². The van der Waals surface area contributed by atoms with Crippen LogP contribution in [0.25, 0.3) is 0 Å². The number of nitrogens with one attached hydrogen (secondary N) is 2. The fourth-order valence-electron chi connectivity index (χ4n) is 2.16. The Hall–Kier alpha value is -3.34. The molecule has 1 heterocycles. The van der Waals surface area contributed by atoms with Crippen molar-refractivity contribution in [2.45, 2.75) is 4.90 Å². The Morgan fingerprint density at radius 2 is 1.81 bits per heavy atom. The molecule has 10 nitrogen and oxygen atoms in total. The molecule has 0 aliphatic carbocycles. The van der Waals surface area contributed by atoms with Gasteiger partial charge in [-0.05, 0) is 30.3 Å². The molecule has 27 heavy (non-hydrogen) atoms. The fourth-order valence-corrected chi connectivity index (χ4v) is 3.28. The maximum Gasteiger partial charge on any atom is 0.325 e. The van der Waals surface area contributed by atoms with Crippen molar-refractivity contribution in [3.8, 4) is 0 Å². The molecule has 0 bridgehead atoms. The van der Waals surface area contributed by atoms with Gasteiger partial charge in [0.25, 0.3) is 21.8 Å². The summed E-state index contributed by atoms with van der Waals surface area (Å²) in [5, 5.41) is 2.36. The zero-order chi connectivity index (χ0) is 20.2. The van der Waals surface area contributed by atoms with Crippen LogP contribution in [0.5, 0.6) is 0 Å². The molecule has 2 rings (SSSR count). The molecule has 2 aromatic rings. The van der Waals surface area contributed by atoms with Crippen molar-refractivity contribution in [2.24, 2.45) is 12.8 Å². The number of hydrogen-bond acceptors (Lipinski definition) is 6. The third-order valence-corrected chi connectivity index (χ3v) is 4.91. The largest absolute Gasteiger partial charge is 0.468 e. The summed E-state index contributed by atoms with van der Waals surface area (Å²) in [5.41, 5.74) is 5.67. The molecule has 0 aliphatic rings. The molecule has 0 aliphatic heterocycles. The summed E-state index contributed by atoms with van der Waals surface area (Å²) < 4.78 is 32.9. The van der Waals surface area contributed by atoms with Gasteiger partial charge in [0.1, 0.15) is 17.1 Å². The number of aromatic nitrogens is 1. The number of sulfonamides is 1. The lowest BCUT2D eigenvalue weighted by atomic mass is 10.2. The highest BCUT2D eigenvalue weighted by Crippen LogP contribution is 2.18. The third kappa shape index (κ3) is 4.85. The molecule has 144 valence electrons. The third-order valence-electron chi connectivity index (χ3n) is 3.56. The van der Waals surface area contributed by atoms with Gasteiger partial charge >= 0.3 is 5.97 Å². The van der Waals surface area contributed by atoms with E-state index >= 15 is 0 Å². The average molecular weight is 394 g/mol. The quantitative estimate of drug-likeness (QED) is 0.555. The van der Waals surface area contributed by atoms with Gasteiger partial charge in [-0.3, -0.25) is 19.1 Å². The topological polar surface area (TPSA) is 150 Å². The van der Waals surface area contributed by atoms with Crippen LogP contribution in [0.3, 0.4) is 0 Å². The van der Waals surface area contributed by atoms with E-state index in [1.807, 2.05) is 0 Å². The van der Waals surface area contributed by atoms with Crippen LogP contribution in [-0.4, -0.2) is 44.4 Å². The Bertz CT molecular complexity index is 979. The van der Waals surface area contributed by atoms with Crippen LogP contribution < -0.4 is 15.8 Å². The van der Waals surface area contributed by atoms with Crippen LogP contribution in [0.2, 0.25) is 0 Å². The number of benzene rings is 1. The molecule has 0 atom stereocenters. The molecule has 0 saturated heterocycles. The van der Waals surface area contributed by atoms with Gasteiger partial charge in [0.15, 0.2) is 0 Å². The Labute approximate surface area is 155 Å². The van der Waals surface area contributed by atoms with Crippen molar-refractivity contribution in [1.29, 1.82) is 0 Å². The molecule has 11 heteroatoms. The molecule has 0 saturated carbocycles. The van der Waals surface area contributed by atoms with E-state index in [1.54, 1.807) is 0 Å². The van der Waals surface area contributed by atoms with Gasteiger partial charge in [0.05, 0.1) is 7.11 Å². The second-order valence-electron chi connectivity index (χ2n) is 5.48. The van der Waals surface area contributed by atoms with Gasteiger partial charge in [-0.25, -0.2) is 8.42 Å². The summed E-state index contributed by atoms with van der Waals surface area (Å²) in [6.45, 7) is -0.278. The minimum absolute atomic E-state index is 0.0491. The predicted octanol–water partition coefficient (Wildman–Crippen LogP) is -0.172. The SMILES string of the molecule is COC(=O)CNC(=O)c1ccc(NS(=O)(=O)c2cc(C(N)=O)n(C)c2)cc1. The number of hydrogen-bond donors (Lipinski definition) is 3. The minimum atomic E-state index is -3.95. The number of aryl methyl sites for hydroxylation is 1. The van der Waals surface area contributed by atoms with Gasteiger partial charge in [-0.2, -0.15) is 0 Å². The van der Waals surface area contributed by atoms with Crippen molar-refractivity contribution in [1.82, 2.24) is 9.88 Å². The van der Waals surface area contributed by atoms with E-state index in [0.717, 1.165) is 0 Å². The minimum Gasteiger partial charge on any atom is -0.468 e. The first-order chi connectivity index (χ1) is 12.6. The molecule has 0 unspecified atom stereocenters. The molecule has 0 fully saturated rings. The molecule has 1 aromatic heterocycles. The average Bonchev–Trinajstić information content (AvgIpc) is 3.02. The van der Waals surface area contributed by atoms with Gasteiger partial charge in [0.2, 0.25) is 0 Å². The van der Waals surface area contributed by atoms with Crippen molar-refractivity contribution in [2.75, 3.05) is 18.4 Å². The number of amides is 2. The summed E-state index contributed by atoms with van der Waals surface area (Å²) in [7, 11) is -1.24. The van der Waals surface area contributed by atoms with Crippen LogP contribution in [0, 0.1) is 0 Å². The number of carbonyl (C=O) groups is 3. The van der Waals surface area contributed by atoms with E-state index in [0.29, 0.717) is 0 Å². The first-order valence-corrected chi connectivity index (χ1v) is 9.06. The number of ether oxygens (including phenoxy) is 1. The van der Waals surface area contributed by atoms with Gasteiger partial charge in [-0.15, -0.1) is 0 Å². The van der Waals surface area contributed by atoms with Crippen molar-refractivity contribution in [3.05, 3.63) is 47.8 Å². The van der Waals surface area contributed by atoms with Gasteiger partial charge in [-0.1, -0.05) is 0 Å². The first-order valence-electron chi connectivity index (χ1n) is 7.58. The molecule has 1 aromatic carbocycles. The molecular formula is C16H18N4O6S. The van der Waals surface area contributed by atoms with Crippen LogP contribution >= 0.6 is 0 Å². The standard InChI is InChI=1S/C16H18N4O6S/c1-20-9-12(7-13(20)15(17)22)27(24,25)19-11-5-3-10(4-6-11)16(23)18-8-14(21)26-2/h3-7,9,19H,8H2,1-2H3,(H2,17,22)(H,18,23). The number of rotatable bonds is 7. The van der Waals surface area contributed by atoms with Crippen LogP contribution in [-0.2, 0) is 26.6 Å². The highest BCUT2D eigenvalue weighted by atomic mass is 32.2. The number of esters is 1. The molecule has 0 spiro atoms. The summed E-state index contributed by atoms with van der Waals surface area (Å²) >= 11 is 0. The smallest absolute Gasteiger partial charge is 0.325 e. The predicted molar refractivity (Wildman–Crippen MR) is 95.5 cm³/mol. The second kappa shape index (κ2) is 7.91. The Morgan fingerprint density at radius 3 is 2.33 bits per heavy atom. The second-order valence-corrected chi connectivity index (χ2v) is 7.16. The van der Waals surface area contributed by atoms with Gasteiger partial charge in [0, 0.05) is 24.5 Å². The lowest BCUT2D eigenvalue weighted by Gasteiger charge is -2.08.